The molecule has 1 atom stereocenters. The van der Waals surface area contributed by atoms with Gasteiger partial charge in [0.25, 0.3) is 5.91 Å². The first-order chi connectivity index (χ1) is 15.1. The number of rotatable bonds is 7. The Labute approximate surface area is 182 Å². The second kappa shape index (κ2) is 9.33. The van der Waals surface area contributed by atoms with Crippen molar-refractivity contribution in [2.24, 2.45) is 0 Å². The Hall–Kier alpha value is -3.15. The van der Waals surface area contributed by atoms with Crippen molar-refractivity contribution in [3.8, 4) is 5.75 Å². The van der Waals surface area contributed by atoms with Gasteiger partial charge >= 0.3 is 0 Å². The highest BCUT2D eigenvalue weighted by Gasteiger charge is 2.46. The lowest BCUT2D eigenvalue weighted by molar-refractivity contribution is -0.140. The van der Waals surface area contributed by atoms with Crippen molar-refractivity contribution in [3.63, 3.8) is 0 Å². The summed E-state index contributed by atoms with van der Waals surface area (Å²) in [7, 11) is 0. The SMILES string of the molecule is CCOc1ccc(N2C(=O)CC(N(C(=O)Cc3ccccc3)C3CCCC3)C2=O)cc1. The predicted octanol–water partition coefficient (Wildman–Crippen LogP) is 3.73. The van der Waals surface area contributed by atoms with Crippen LogP contribution in [0.1, 0.15) is 44.6 Å². The summed E-state index contributed by atoms with van der Waals surface area (Å²) in [6, 6.07) is 15.8. The molecular weight excluding hydrogens is 392 g/mol. The standard InChI is InChI=1S/C25H28N2O4/c1-2-31-21-14-12-20(13-15-21)27-24(29)17-22(25(27)30)26(19-10-6-7-11-19)23(28)16-18-8-4-3-5-9-18/h3-5,8-9,12-15,19,22H,2,6-7,10-11,16-17H2,1H3. The van der Waals surface area contributed by atoms with E-state index in [0.717, 1.165) is 31.2 Å². The van der Waals surface area contributed by atoms with Crippen LogP contribution in [0.15, 0.2) is 54.6 Å². The maximum atomic E-state index is 13.4. The Morgan fingerprint density at radius 1 is 1.03 bits per heavy atom. The molecule has 1 unspecified atom stereocenters. The van der Waals surface area contributed by atoms with E-state index in [1.54, 1.807) is 29.2 Å². The van der Waals surface area contributed by atoms with E-state index in [1.807, 2.05) is 37.3 Å². The monoisotopic (exact) mass is 420 g/mol. The summed E-state index contributed by atoms with van der Waals surface area (Å²) in [6.45, 7) is 2.44. The van der Waals surface area contributed by atoms with Gasteiger partial charge in [-0.1, -0.05) is 43.2 Å². The molecule has 162 valence electrons. The van der Waals surface area contributed by atoms with E-state index in [4.69, 9.17) is 4.74 Å². The van der Waals surface area contributed by atoms with Gasteiger partial charge in [-0.05, 0) is 49.6 Å². The molecule has 0 aromatic heterocycles. The van der Waals surface area contributed by atoms with Crippen molar-refractivity contribution in [2.45, 2.75) is 57.5 Å². The number of benzene rings is 2. The molecule has 0 bridgehead atoms. The maximum Gasteiger partial charge on any atom is 0.257 e. The molecular formula is C25H28N2O4. The van der Waals surface area contributed by atoms with Gasteiger partial charge in [-0.2, -0.15) is 0 Å². The van der Waals surface area contributed by atoms with Gasteiger partial charge in [0.05, 0.1) is 25.1 Å². The number of nitrogens with zero attached hydrogens (tertiary/aromatic N) is 2. The third-order valence-electron chi connectivity index (χ3n) is 6.07. The van der Waals surface area contributed by atoms with E-state index in [9.17, 15) is 14.4 Å². The van der Waals surface area contributed by atoms with Gasteiger partial charge in [0.2, 0.25) is 11.8 Å². The second-order valence-corrected chi connectivity index (χ2v) is 8.12. The number of hydrogen-bond donors (Lipinski definition) is 0. The molecule has 1 heterocycles. The molecule has 0 radical (unpaired) electrons. The molecule has 6 nitrogen and oxygen atoms in total. The summed E-state index contributed by atoms with van der Waals surface area (Å²) in [5.74, 6) is 0.0162. The molecule has 0 N–H and O–H groups in total. The van der Waals surface area contributed by atoms with Gasteiger partial charge in [0, 0.05) is 6.04 Å². The molecule has 1 saturated heterocycles. The van der Waals surface area contributed by atoms with Gasteiger partial charge < -0.3 is 9.64 Å². The Kier molecular flexibility index (Phi) is 6.35. The molecule has 0 spiro atoms. The summed E-state index contributed by atoms with van der Waals surface area (Å²) in [5, 5.41) is 0. The lowest BCUT2D eigenvalue weighted by Gasteiger charge is -2.33. The lowest BCUT2D eigenvalue weighted by atomic mass is 10.1. The minimum atomic E-state index is -0.738. The Morgan fingerprint density at radius 2 is 1.71 bits per heavy atom. The first-order valence-corrected chi connectivity index (χ1v) is 11.0. The molecule has 1 aliphatic heterocycles. The van der Waals surface area contributed by atoms with E-state index in [2.05, 4.69) is 0 Å². The van der Waals surface area contributed by atoms with Crippen molar-refractivity contribution in [3.05, 3.63) is 60.2 Å². The number of carbonyl (C=O) groups is 3. The van der Waals surface area contributed by atoms with Crippen LogP contribution in [0.5, 0.6) is 5.75 Å². The number of anilines is 1. The normalized spacial score (nSPS) is 19.1. The zero-order chi connectivity index (χ0) is 21.8. The molecule has 4 rings (SSSR count). The molecule has 31 heavy (non-hydrogen) atoms. The molecule has 6 heteroatoms. The third-order valence-corrected chi connectivity index (χ3v) is 6.07. The van der Waals surface area contributed by atoms with Crippen LogP contribution in [0.25, 0.3) is 0 Å². The molecule has 3 amide bonds. The first kappa shape index (κ1) is 21.1. The van der Waals surface area contributed by atoms with E-state index < -0.39 is 6.04 Å². The second-order valence-electron chi connectivity index (χ2n) is 8.12. The quantitative estimate of drug-likeness (QED) is 0.640. The van der Waals surface area contributed by atoms with Gasteiger partial charge in [0.15, 0.2) is 0 Å². The number of amides is 3. The number of imide groups is 1. The Bertz CT molecular complexity index is 936. The molecule has 1 aliphatic carbocycles. The minimum Gasteiger partial charge on any atom is -0.494 e. The first-order valence-electron chi connectivity index (χ1n) is 11.0. The summed E-state index contributed by atoms with van der Waals surface area (Å²) in [5.41, 5.74) is 1.43. The minimum absolute atomic E-state index is 0.0123. The van der Waals surface area contributed by atoms with Gasteiger partial charge in [0.1, 0.15) is 11.8 Å². The van der Waals surface area contributed by atoms with Crippen molar-refractivity contribution in [2.75, 3.05) is 11.5 Å². The number of carbonyl (C=O) groups excluding carboxylic acids is 3. The molecule has 2 aromatic carbocycles. The van der Waals surface area contributed by atoms with Crippen LogP contribution in [0.2, 0.25) is 0 Å². The largest absolute Gasteiger partial charge is 0.494 e. The van der Waals surface area contributed by atoms with E-state index in [0.29, 0.717) is 18.0 Å². The van der Waals surface area contributed by atoms with Crippen LogP contribution in [0.3, 0.4) is 0 Å². The topological polar surface area (TPSA) is 66.9 Å². The zero-order valence-corrected chi connectivity index (χ0v) is 17.8. The highest BCUT2D eigenvalue weighted by atomic mass is 16.5. The van der Waals surface area contributed by atoms with E-state index in [1.165, 1.54) is 4.90 Å². The Balaban J connectivity index is 1.57. The lowest BCUT2D eigenvalue weighted by Crippen LogP contribution is -2.50. The van der Waals surface area contributed by atoms with Crippen LogP contribution in [0.4, 0.5) is 5.69 Å². The smallest absolute Gasteiger partial charge is 0.257 e. The van der Waals surface area contributed by atoms with E-state index >= 15 is 0 Å². The van der Waals surface area contributed by atoms with Crippen molar-refractivity contribution < 1.29 is 19.1 Å². The van der Waals surface area contributed by atoms with Crippen LogP contribution in [0, 0.1) is 0 Å². The summed E-state index contributed by atoms with van der Waals surface area (Å²) in [4.78, 5) is 42.5. The van der Waals surface area contributed by atoms with Crippen LogP contribution < -0.4 is 9.64 Å². The molecule has 2 aliphatic rings. The van der Waals surface area contributed by atoms with Gasteiger partial charge in [-0.15, -0.1) is 0 Å². The summed E-state index contributed by atoms with van der Waals surface area (Å²) >= 11 is 0. The summed E-state index contributed by atoms with van der Waals surface area (Å²) in [6.07, 6.45) is 4.10. The molecule has 1 saturated carbocycles. The fraction of sp³-hybridized carbons (Fsp3) is 0.400. The van der Waals surface area contributed by atoms with Crippen molar-refractivity contribution >= 4 is 23.4 Å². The van der Waals surface area contributed by atoms with Crippen LogP contribution >= 0.6 is 0 Å². The maximum absolute atomic E-state index is 13.4. The Morgan fingerprint density at radius 3 is 2.35 bits per heavy atom. The highest BCUT2D eigenvalue weighted by molar-refractivity contribution is 6.23. The van der Waals surface area contributed by atoms with Crippen molar-refractivity contribution in [1.82, 2.24) is 4.90 Å². The summed E-state index contributed by atoms with van der Waals surface area (Å²) < 4.78 is 5.45. The van der Waals surface area contributed by atoms with Crippen molar-refractivity contribution in [1.29, 1.82) is 0 Å². The highest BCUT2D eigenvalue weighted by Crippen LogP contribution is 2.32. The average Bonchev–Trinajstić information content (AvgIpc) is 3.39. The number of hydrogen-bond acceptors (Lipinski definition) is 4. The van der Waals surface area contributed by atoms with Crippen LogP contribution in [-0.4, -0.2) is 41.3 Å². The zero-order valence-electron chi connectivity index (χ0n) is 17.8. The molecule has 2 fully saturated rings. The third kappa shape index (κ3) is 4.48. The number of ether oxygens (including phenoxy) is 1. The van der Waals surface area contributed by atoms with Crippen LogP contribution in [-0.2, 0) is 20.8 Å². The molecule has 2 aromatic rings. The fourth-order valence-electron chi connectivity index (χ4n) is 4.64. The average molecular weight is 421 g/mol. The van der Waals surface area contributed by atoms with E-state index in [-0.39, 0.29) is 36.6 Å². The van der Waals surface area contributed by atoms with Gasteiger partial charge in [-0.3, -0.25) is 14.4 Å². The van der Waals surface area contributed by atoms with Gasteiger partial charge in [-0.25, -0.2) is 4.90 Å². The predicted molar refractivity (Wildman–Crippen MR) is 118 cm³/mol. The fourth-order valence-corrected chi connectivity index (χ4v) is 4.64.